The predicted molar refractivity (Wildman–Crippen MR) is 87.9 cm³/mol. The van der Waals surface area contributed by atoms with E-state index < -0.39 is 15.8 Å². The van der Waals surface area contributed by atoms with Crippen LogP contribution in [0.4, 0.5) is 5.69 Å². The molecule has 1 heterocycles. The van der Waals surface area contributed by atoms with Crippen molar-refractivity contribution in [3.05, 3.63) is 29.8 Å². The largest absolute Gasteiger partial charge is 0.326 e. The molecule has 1 fully saturated rings. The number of amides is 2. The summed E-state index contributed by atoms with van der Waals surface area (Å²) in [6.45, 7) is 3.14. The molecule has 1 aromatic rings. The Bertz CT molecular complexity index is 756. The summed E-state index contributed by atoms with van der Waals surface area (Å²) in [6.07, 6.45) is 0.334. The molecule has 1 saturated heterocycles. The van der Waals surface area contributed by atoms with Crippen LogP contribution in [0.1, 0.15) is 25.8 Å². The fourth-order valence-corrected chi connectivity index (χ4v) is 4.06. The highest BCUT2D eigenvalue weighted by molar-refractivity contribution is 7.91. The van der Waals surface area contributed by atoms with Crippen molar-refractivity contribution >= 4 is 33.1 Å². The molecule has 8 heteroatoms. The SMILES string of the molecule is CC(=O)Nc1cccc(/C(C)=N\NC(=O)[C@@H]2CCS(=O)(=O)C2)c1. The minimum absolute atomic E-state index is 0.0482. The maximum Gasteiger partial charge on any atom is 0.244 e. The van der Waals surface area contributed by atoms with Gasteiger partial charge in [0, 0.05) is 12.6 Å². The van der Waals surface area contributed by atoms with Gasteiger partial charge in [-0.05, 0) is 31.0 Å². The number of hydrogen-bond donors (Lipinski definition) is 2. The Morgan fingerprint density at radius 1 is 1.26 bits per heavy atom. The van der Waals surface area contributed by atoms with E-state index in [1.807, 2.05) is 0 Å². The number of carbonyl (C=O) groups excluding carboxylic acids is 2. The summed E-state index contributed by atoms with van der Waals surface area (Å²) < 4.78 is 22.8. The Morgan fingerprint density at radius 3 is 2.61 bits per heavy atom. The lowest BCUT2D eigenvalue weighted by Crippen LogP contribution is -2.28. The monoisotopic (exact) mass is 337 g/mol. The molecule has 1 atom stereocenters. The van der Waals surface area contributed by atoms with Gasteiger partial charge in [0.15, 0.2) is 9.84 Å². The maximum atomic E-state index is 11.9. The van der Waals surface area contributed by atoms with Crippen molar-refractivity contribution in [2.75, 3.05) is 16.8 Å². The van der Waals surface area contributed by atoms with E-state index in [2.05, 4.69) is 15.8 Å². The Morgan fingerprint density at radius 2 is 2.00 bits per heavy atom. The molecule has 23 heavy (non-hydrogen) atoms. The molecule has 2 N–H and O–H groups in total. The van der Waals surface area contributed by atoms with Crippen LogP contribution in [0.3, 0.4) is 0 Å². The molecular weight excluding hydrogens is 318 g/mol. The molecule has 0 radical (unpaired) electrons. The second-order valence-corrected chi connectivity index (χ2v) is 7.76. The number of anilines is 1. The van der Waals surface area contributed by atoms with Crippen molar-refractivity contribution in [3.8, 4) is 0 Å². The molecule has 0 unspecified atom stereocenters. The standard InChI is InChI=1S/C15H19N3O4S/c1-10(12-4-3-5-14(8-12)16-11(2)19)17-18-15(20)13-6-7-23(21,22)9-13/h3-5,8,13H,6-7,9H2,1-2H3,(H,16,19)(H,18,20)/b17-10-/t13-/m1/s1. The molecule has 1 aromatic carbocycles. The predicted octanol–water partition coefficient (Wildman–Crippen LogP) is 0.920. The first-order chi connectivity index (χ1) is 10.8. The van der Waals surface area contributed by atoms with Gasteiger partial charge in [-0.3, -0.25) is 9.59 Å². The summed E-state index contributed by atoms with van der Waals surface area (Å²) in [4.78, 5) is 23.0. The quantitative estimate of drug-likeness (QED) is 0.629. The Kier molecular flexibility index (Phi) is 5.15. The van der Waals surface area contributed by atoms with Crippen LogP contribution in [0.2, 0.25) is 0 Å². The number of benzene rings is 1. The summed E-state index contributed by atoms with van der Waals surface area (Å²) in [6, 6.07) is 7.06. The summed E-state index contributed by atoms with van der Waals surface area (Å²) >= 11 is 0. The van der Waals surface area contributed by atoms with Gasteiger partial charge in [-0.15, -0.1) is 0 Å². The average molecular weight is 337 g/mol. The molecule has 124 valence electrons. The molecule has 1 aliphatic heterocycles. The second-order valence-electron chi connectivity index (χ2n) is 5.54. The first-order valence-corrected chi connectivity index (χ1v) is 9.01. The molecule has 0 aromatic heterocycles. The second kappa shape index (κ2) is 6.91. The van der Waals surface area contributed by atoms with E-state index in [9.17, 15) is 18.0 Å². The van der Waals surface area contributed by atoms with Crippen LogP contribution in [0.15, 0.2) is 29.4 Å². The summed E-state index contributed by atoms with van der Waals surface area (Å²) in [5.74, 6) is -1.17. The Balaban J connectivity index is 2.02. The molecule has 1 aliphatic rings. The third kappa shape index (κ3) is 4.88. The van der Waals surface area contributed by atoms with E-state index in [4.69, 9.17) is 0 Å². The lowest BCUT2D eigenvalue weighted by molar-refractivity contribution is -0.124. The van der Waals surface area contributed by atoms with Gasteiger partial charge in [-0.2, -0.15) is 5.10 Å². The zero-order valence-electron chi connectivity index (χ0n) is 13.0. The smallest absolute Gasteiger partial charge is 0.244 e. The fourth-order valence-electron chi connectivity index (χ4n) is 2.32. The lowest BCUT2D eigenvalue weighted by Gasteiger charge is -2.08. The number of hydrogen-bond acceptors (Lipinski definition) is 5. The minimum Gasteiger partial charge on any atom is -0.326 e. The first-order valence-electron chi connectivity index (χ1n) is 7.19. The van der Waals surface area contributed by atoms with Gasteiger partial charge in [0.2, 0.25) is 11.8 Å². The van der Waals surface area contributed by atoms with Gasteiger partial charge in [0.05, 0.1) is 23.1 Å². The van der Waals surface area contributed by atoms with Crippen molar-refractivity contribution in [1.29, 1.82) is 0 Å². The van der Waals surface area contributed by atoms with E-state index in [-0.39, 0.29) is 23.3 Å². The van der Waals surface area contributed by atoms with Crippen LogP contribution >= 0.6 is 0 Å². The zero-order valence-corrected chi connectivity index (χ0v) is 13.8. The zero-order chi connectivity index (χ0) is 17.0. The van der Waals surface area contributed by atoms with Crippen molar-refractivity contribution in [1.82, 2.24) is 5.43 Å². The molecule has 0 aliphatic carbocycles. The summed E-state index contributed by atoms with van der Waals surface area (Å²) in [7, 11) is -3.10. The van der Waals surface area contributed by atoms with Gasteiger partial charge >= 0.3 is 0 Å². The van der Waals surface area contributed by atoms with E-state index in [1.54, 1.807) is 31.2 Å². The van der Waals surface area contributed by atoms with Gasteiger partial charge in [0.25, 0.3) is 0 Å². The first kappa shape index (κ1) is 17.1. The number of carbonyl (C=O) groups is 2. The maximum absolute atomic E-state index is 11.9. The van der Waals surface area contributed by atoms with Crippen LogP contribution < -0.4 is 10.7 Å². The normalized spacial score (nSPS) is 20.1. The van der Waals surface area contributed by atoms with Crippen molar-refractivity contribution in [3.63, 3.8) is 0 Å². The van der Waals surface area contributed by atoms with Crippen molar-refractivity contribution < 1.29 is 18.0 Å². The molecule has 0 saturated carbocycles. The van der Waals surface area contributed by atoms with Crippen LogP contribution in [0, 0.1) is 5.92 Å². The Labute approximate surface area is 135 Å². The molecule has 7 nitrogen and oxygen atoms in total. The van der Waals surface area contributed by atoms with Crippen LogP contribution in [-0.4, -0.2) is 37.4 Å². The van der Waals surface area contributed by atoms with E-state index in [1.165, 1.54) is 6.92 Å². The third-order valence-corrected chi connectivity index (χ3v) is 5.31. The lowest BCUT2D eigenvalue weighted by atomic mass is 10.1. The van der Waals surface area contributed by atoms with Crippen LogP contribution in [-0.2, 0) is 19.4 Å². The fraction of sp³-hybridized carbons (Fsp3) is 0.400. The van der Waals surface area contributed by atoms with Gasteiger partial charge in [0.1, 0.15) is 0 Å². The number of sulfone groups is 1. The van der Waals surface area contributed by atoms with Crippen LogP contribution in [0.5, 0.6) is 0 Å². The molecule has 2 amide bonds. The molecule has 2 rings (SSSR count). The van der Waals surface area contributed by atoms with E-state index in [0.29, 0.717) is 17.8 Å². The number of hydrazone groups is 1. The van der Waals surface area contributed by atoms with Crippen molar-refractivity contribution in [2.45, 2.75) is 20.3 Å². The number of nitrogens with one attached hydrogen (secondary N) is 2. The van der Waals surface area contributed by atoms with E-state index in [0.717, 1.165) is 5.56 Å². The average Bonchev–Trinajstić information content (AvgIpc) is 2.84. The molecular formula is C15H19N3O4S. The van der Waals surface area contributed by atoms with Gasteiger partial charge < -0.3 is 5.32 Å². The summed E-state index contributed by atoms with van der Waals surface area (Å²) in [5.41, 5.74) is 4.36. The van der Waals surface area contributed by atoms with Gasteiger partial charge in [-0.1, -0.05) is 12.1 Å². The molecule has 0 spiro atoms. The van der Waals surface area contributed by atoms with E-state index >= 15 is 0 Å². The van der Waals surface area contributed by atoms with Crippen LogP contribution in [0.25, 0.3) is 0 Å². The topological polar surface area (TPSA) is 105 Å². The van der Waals surface area contributed by atoms with Gasteiger partial charge in [-0.25, -0.2) is 13.8 Å². The molecule has 0 bridgehead atoms. The third-order valence-electron chi connectivity index (χ3n) is 3.54. The Hall–Kier alpha value is -2.22. The van der Waals surface area contributed by atoms with Crippen molar-refractivity contribution in [2.24, 2.45) is 11.0 Å². The highest BCUT2D eigenvalue weighted by Crippen LogP contribution is 2.18. The minimum atomic E-state index is -3.10. The summed E-state index contributed by atoms with van der Waals surface area (Å²) in [5, 5.41) is 6.69. The highest BCUT2D eigenvalue weighted by atomic mass is 32.2. The highest BCUT2D eigenvalue weighted by Gasteiger charge is 2.32. The number of rotatable bonds is 4. The number of nitrogens with zero attached hydrogens (tertiary/aromatic N) is 1.